The highest BCUT2D eigenvalue weighted by Gasteiger charge is 2.39. The fraction of sp³-hybridized carbons (Fsp3) is 0.571. The first-order valence-electron chi connectivity index (χ1n) is 15.8. The van der Waals surface area contributed by atoms with Gasteiger partial charge in [0.25, 0.3) is 0 Å². The van der Waals surface area contributed by atoms with Crippen molar-refractivity contribution in [2.75, 3.05) is 41.6 Å². The zero-order valence-corrected chi connectivity index (χ0v) is 29.3. The first kappa shape index (κ1) is 39.1. The van der Waals surface area contributed by atoms with E-state index in [9.17, 15) is 19.5 Å². The third kappa shape index (κ3) is 12.3. The van der Waals surface area contributed by atoms with Gasteiger partial charge < -0.3 is 34.1 Å². The van der Waals surface area contributed by atoms with Gasteiger partial charge in [-0.15, -0.1) is 0 Å². The Hall–Kier alpha value is -4.03. The van der Waals surface area contributed by atoms with Crippen LogP contribution in [0.2, 0.25) is 0 Å². The molecule has 2 aromatic rings. The van der Waals surface area contributed by atoms with Crippen LogP contribution in [0.15, 0.2) is 42.5 Å². The molecule has 0 aliphatic rings. The summed E-state index contributed by atoms with van der Waals surface area (Å²) in [5.74, 6) is -1.22. The lowest BCUT2D eigenvalue weighted by atomic mass is 9.89. The number of ether oxygens (including phenoxy) is 5. The van der Waals surface area contributed by atoms with Gasteiger partial charge >= 0.3 is 6.09 Å². The van der Waals surface area contributed by atoms with Gasteiger partial charge in [-0.05, 0) is 69.6 Å². The summed E-state index contributed by atoms with van der Waals surface area (Å²) in [5.41, 5.74) is 3.36. The van der Waals surface area contributed by atoms with Crippen LogP contribution in [0.4, 0.5) is 4.79 Å². The van der Waals surface area contributed by atoms with Crippen LogP contribution < -0.4 is 25.0 Å². The molecule has 0 fully saturated rings. The van der Waals surface area contributed by atoms with Crippen LogP contribution in [0.3, 0.4) is 0 Å². The number of hydrazine groups is 1. The van der Waals surface area contributed by atoms with Crippen molar-refractivity contribution in [1.29, 1.82) is 0 Å². The maximum Gasteiger partial charge on any atom is 0.426 e. The highest BCUT2D eigenvalue weighted by Crippen LogP contribution is 2.41. The largest absolute Gasteiger partial charge is 0.493 e. The van der Waals surface area contributed by atoms with Gasteiger partial charge in [0.15, 0.2) is 11.5 Å². The van der Waals surface area contributed by atoms with Crippen LogP contribution in [0.1, 0.15) is 58.6 Å². The Morgan fingerprint density at radius 3 is 2.13 bits per heavy atom. The maximum absolute atomic E-state index is 14.7. The molecule has 0 saturated carbocycles. The highest BCUT2D eigenvalue weighted by molar-refractivity contribution is 5.90. The zero-order chi connectivity index (χ0) is 35.1. The van der Waals surface area contributed by atoms with Gasteiger partial charge in [-0.3, -0.25) is 9.59 Å². The molecule has 2 aromatic carbocycles. The molecule has 3 N–H and O–H groups in total. The Bertz CT molecular complexity index is 1280. The molecule has 2 rings (SSSR count). The number of carbonyl (C=O) groups excluding carboxylic acids is 3. The van der Waals surface area contributed by atoms with Crippen LogP contribution in [0.5, 0.6) is 17.2 Å². The van der Waals surface area contributed by atoms with Crippen molar-refractivity contribution in [3.05, 3.63) is 53.6 Å². The number of benzene rings is 2. The summed E-state index contributed by atoms with van der Waals surface area (Å²) in [5, 5.41) is 15.1. The maximum atomic E-state index is 14.7. The van der Waals surface area contributed by atoms with Crippen molar-refractivity contribution in [1.82, 2.24) is 15.8 Å². The quantitative estimate of drug-likeness (QED) is 0.167. The standard InChI is InChI=1S/C35H53N3O9/c1-23(2)29(32(40)36-19-20-43-6)38(37-34(42)47-35(3,4)5)33(41)26(22-27(39)17-15-24-13-11-10-12-14-24)21-25-16-18-28(44-7)31(46-9)30(25)45-8/h10-14,16,18,23,26-27,29,39H,15,17,19-22H2,1-9H3,(H,36,40)(H,37,42)/t26-,27-,29+/m0/s1. The summed E-state index contributed by atoms with van der Waals surface area (Å²) in [6.07, 6.45) is -0.667. The number of methoxy groups -OCH3 is 4. The second kappa shape index (κ2) is 19.0. The minimum atomic E-state index is -1.11. The molecular weight excluding hydrogens is 606 g/mol. The van der Waals surface area contributed by atoms with E-state index in [-0.39, 0.29) is 26.0 Å². The molecule has 0 aromatic heterocycles. The van der Waals surface area contributed by atoms with Crippen molar-refractivity contribution in [3.63, 3.8) is 0 Å². The second-order valence-corrected chi connectivity index (χ2v) is 12.6. The van der Waals surface area contributed by atoms with E-state index in [1.54, 1.807) is 46.8 Å². The Kier molecular flexibility index (Phi) is 15.8. The minimum Gasteiger partial charge on any atom is -0.493 e. The fourth-order valence-electron chi connectivity index (χ4n) is 5.24. The summed E-state index contributed by atoms with van der Waals surface area (Å²) < 4.78 is 27.3. The van der Waals surface area contributed by atoms with Gasteiger partial charge in [0.05, 0.1) is 34.0 Å². The number of carbonyl (C=O) groups is 3. The van der Waals surface area contributed by atoms with Gasteiger partial charge in [-0.2, -0.15) is 0 Å². The van der Waals surface area contributed by atoms with Crippen molar-refractivity contribution in [2.45, 2.75) is 78.0 Å². The molecule has 0 unspecified atom stereocenters. The highest BCUT2D eigenvalue weighted by atomic mass is 16.6. The lowest BCUT2D eigenvalue weighted by Gasteiger charge is -2.36. The SMILES string of the molecule is COCCNC(=O)[C@@H](C(C)C)N(NC(=O)OC(C)(C)C)C(=O)[C@@H](Cc1ccc(OC)c(OC)c1OC)C[C@@H](O)CCc1ccccc1. The van der Waals surface area contributed by atoms with E-state index < -0.39 is 47.5 Å². The summed E-state index contributed by atoms with van der Waals surface area (Å²) in [6.45, 7) is 9.12. The summed E-state index contributed by atoms with van der Waals surface area (Å²) >= 11 is 0. The van der Waals surface area contributed by atoms with E-state index in [1.807, 2.05) is 30.3 Å². The van der Waals surface area contributed by atoms with Crippen LogP contribution in [0.25, 0.3) is 0 Å². The van der Waals surface area contributed by atoms with E-state index in [0.717, 1.165) is 10.6 Å². The predicted molar refractivity (Wildman–Crippen MR) is 178 cm³/mol. The zero-order valence-electron chi connectivity index (χ0n) is 29.3. The molecule has 47 heavy (non-hydrogen) atoms. The van der Waals surface area contributed by atoms with Crippen LogP contribution in [-0.2, 0) is 31.9 Å². The third-order valence-electron chi connectivity index (χ3n) is 7.40. The lowest BCUT2D eigenvalue weighted by Crippen LogP contribution is -2.61. The first-order chi connectivity index (χ1) is 22.3. The monoisotopic (exact) mass is 659 g/mol. The summed E-state index contributed by atoms with van der Waals surface area (Å²) in [7, 11) is 6.00. The number of aryl methyl sites for hydroxylation is 1. The van der Waals surface area contributed by atoms with E-state index >= 15 is 0 Å². The van der Waals surface area contributed by atoms with E-state index in [4.69, 9.17) is 23.7 Å². The second-order valence-electron chi connectivity index (χ2n) is 12.6. The van der Waals surface area contributed by atoms with Gasteiger partial charge in [0.1, 0.15) is 11.6 Å². The van der Waals surface area contributed by atoms with Crippen molar-refractivity contribution < 1.29 is 43.2 Å². The van der Waals surface area contributed by atoms with Crippen LogP contribution >= 0.6 is 0 Å². The van der Waals surface area contributed by atoms with Gasteiger partial charge in [0, 0.05) is 19.6 Å². The Morgan fingerprint density at radius 1 is 0.915 bits per heavy atom. The molecule has 0 radical (unpaired) electrons. The van der Waals surface area contributed by atoms with Crippen molar-refractivity contribution in [3.8, 4) is 17.2 Å². The number of rotatable bonds is 17. The predicted octanol–water partition coefficient (Wildman–Crippen LogP) is 4.31. The average molecular weight is 660 g/mol. The average Bonchev–Trinajstić information content (AvgIpc) is 3.02. The van der Waals surface area contributed by atoms with Crippen molar-refractivity contribution >= 4 is 17.9 Å². The molecule has 0 bridgehead atoms. The number of amides is 3. The Balaban J connectivity index is 2.59. The van der Waals surface area contributed by atoms with Crippen LogP contribution in [-0.4, -0.2) is 87.4 Å². The number of hydrogen-bond donors (Lipinski definition) is 3. The molecule has 12 nitrogen and oxygen atoms in total. The van der Waals surface area contributed by atoms with Crippen molar-refractivity contribution in [2.24, 2.45) is 11.8 Å². The molecule has 12 heteroatoms. The first-order valence-corrected chi connectivity index (χ1v) is 15.8. The number of nitrogens with one attached hydrogen (secondary N) is 2. The van der Waals surface area contributed by atoms with Gasteiger partial charge in [0.2, 0.25) is 17.6 Å². The topological polar surface area (TPSA) is 145 Å². The minimum absolute atomic E-state index is 0.0335. The van der Waals surface area contributed by atoms with E-state index in [0.29, 0.717) is 35.7 Å². The number of aliphatic hydroxyl groups excluding tert-OH is 1. The number of nitrogens with zero attached hydrogens (tertiary/aromatic N) is 1. The molecule has 0 aliphatic carbocycles. The van der Waals surface area contributed by atoms with Gasteiger partial charge in [-0.1, -0.05) is 50.2 Å². The van der Waals surface area contributed by atoms with E-state index in [2.05, 4.69) is 10.7 Å². The molecule has 3 atom stereocenters. The molecule has 0 spiro atoms. The molecule has 0 aliphatic heterocycles. The van der Waals surface area contributed by atoms with Gasteiger partial charge in [-0.25, -0.2) is 15.2 Å². The molecule has 0 heterocycles. The summed E-state index contributed by atoms with van der Waals surface area (Å²) in [6, 6.07) is 12.1. The van der Waals surface area contributed by atoms with Crippen LogP contribution in [0, 0.1) is 11.8 Å². The molecule has 0 saturated heterocycles. The number of hydrogen-bond acceptors (Lipinski definition) is 9. The Labute approximate surface area is 279 Å². The molecule has 262 valence electrons. The number of aliphatic hydroxyl groups is 1. The summed E-state index contributed by atoms with van der Waals surface area (Å²) in [4.78, 5) is 41.3. The Morgan fingerprint density at radius 2 is 1.57 bits per heavy atom. The third-order valence-corrected chi connectivity index (χ3v) is 7.40. The molecule has 3 amide bonds. The van der Waals surface area contributed by atoms with E-state index in [1.165, 1.54) is 28.4 Å². The normalized spacial score (nSPS) is 13.3. The fourth-order valence-corrected chi connectivity index (χ4v) is 5.24. The molecular formula is C35H53N3O9. The lowest BCUT2D eigenvalue weighted by molar-refractivity contribution is -0.150. The smallest absolute Gasteiger partial charge is 0.426 e.